The molecule has 1 fully saturated rings. The molecule has 1 amide bonds. The van der Waals surface area contributed by atoms with Gasteiger partial charge < -0.3 is 15.4 Å². The molecule has 1 aromatic carbocycles. The number of piperidine rings is 1. The van der Waals surface area contributed by atoms with E-state index in [-0.39, 0.29) is 11.6 Å². The molecule has 1 saturated heterocycles. The molecule has 0 bridgehead atoms. The largest absolute Gasteiger partial charge is 0.399 e. The topological polar surface area (TPSA) is 55.6 Å². The Hall–Kier alpha value is -1.62. The van der Waals surface area contributed by atoms with Crippen LogP contribution in [-0.4, -0.2) is 37.6 Å². The second-order valence-corrected chi connectivity index (χ2v) is 4.96. The average molecular weight is 266 g/mol. The van der Waals surface area contributed by atoms with Crippen LogP contribution in [0.15, 0.2) is 18.2 Å². The molecule has 4 nitrogen and oxygen atoms in total. The van der Waals surface area contributed by atoms with Gasteiger partial charge in [-0.05, 0) is 37.0 Å². The Labute approximate surface area is 112 Å². The number of benzene rings is 1. The normalized spacial score (nSPS) is 16.6. The lowest BCUT2D eigenvalue weighted by atomic mass is 9.97. The predicted molar refractivity (Wildman–Crippen MR) is 71.3 cm³/mol. The van der Waals surface area contributed by atoms with Gasteiger partial charge in [0.15, 0.2) is 0 Å². The summed E-state index contributed by atoms with van der Waals surface area (Å²) in [5.74, 6) is -0.119. The third kappa shape index (κ3) is 3.44. The molecule has 19 heavy (non-hydrogen) atoms. The fourth-order valence-corrected chi connectivity index (χ4v) is 2.46. The molecule has 0 aromatic heterocycles. The van der Waals surface area contributed by atoms with E-state index in [0.717, 1.165) is 19.4 Å². The molecule has 1 aromatic rings. The SMILES string of the molecule is COCC1CCN(C(=O)c2cc(N)cc(F)c2)CC1. The van der Waals surface area contributed by atoms with Crippen LogP contribution in [0.5, 0.6) is 0 Å². The van der Waals surface area contributed by atoms with Gasteiger partial charge in [-0.15, -0.1) is 0 Å². The third-order valence-corrected chi connectivity index (χ3v) is 3.47. The molecule has 0 atom stereocenters. The Morgan fingerprint density at radius 2 is 2.11 bits per heavy atom. The molecule has 0 unspecified atom stereocenters. The van der Waals surface area contributed by atoms with Gasteiger partial charge in [0.25, 0.3) is 5.91 Å². The minimum atomic E-state index is -0.474. The summed E-state index contributed by atoms with van der Waals surface area (Å²) in [5.41, 5.74) is 6.16. The Bertz CT molecular complexity index is 437. The van der Waals surface area contributed by atoms with E-state index in [2.05, 4.69) is 0 Å². The standard InChI is InChI=1S/C14H19FN2O2/c1-19-9-10-2-4-17(5-3-10)14(18)11-6-12(15)8-13(16)7-11/h6-8,10H,2-5,9,16H2,1H3. The first kappa shape index (κ1) is 13.8. The van der Waals surface area contributed by atoms with Crippen LogP contribution in [0.2, 0.25) is 0 Å². The Morgan fingerprint density at radius 3 is 2.68 bits per heavy atom. The number of methoxy groups -OCH3 is 1. The molecule has 5 heteroatoms. The number of anilines is 1. The second-order valence-electron chi connectivity index (χ2n) is 4.96. The summed E-state index contributed by atoms with van der Waals surface area (Å²) in [6, 6.07) is 3.97. The van der Waals surface area contributed by atoms with Crippen LogP contribution in [0.25, 0.3) is 0 Å². The smallest absolute Gasteiger partial charge is 0.254 e. The van der Waals surface area contributed by atoms with Crippen molar-refractivity contribution in [2.24, 2.45) is 5.92 Å². The summed E-state index contributed by atoms with van der Waals surface area (Å²) in [4.78, 5) is 14.0. The molecule has 1 aliphatic rings. The summed E-state index contributed by atoms with van der Waals surface area (Å²) in [6.07, 6.45) is 1.84. The van der Waals surface area contributed by atoms with E-state index in [1.54, 1.807) is 12.0 Å². The summed E-state index contributed by atoms with van der Waals surface area (Å²) in [5, 5.41) is 0. The first-order valence-corrected chi connectivity index (χ1v) is 6.44. The fourth-order valence-electron chi connectivity index (χ4n) is 2.46. The first-order valence-electron chi connectivity index (χ1n) is 6.44. The van der Waals surface area contributed by atoms with Crippen molar-refractivity contribution >= 4 is 11.6 Å². The van der Waals surface area contributed by atoms with E-state index in [1.807, 2.05) is 0 Å². The zero-order valence-electron chi connectivity index (χ0n) is 11.1. The first-order chi connectivity index (χ1) is 9.10. The van der Waals surface area contributed by atoms with Crippen molar-refractivity contribution in [2.45, 2.75) is 12.8 Å². The number of likely N-dealkylation sites (tertiary alicyclic amines) is 1. The molecule has 1 aliphatic heterocycles. The maximum Gasteiger partial charge on any atom is 0.254 e. The number of hydrogen-bond donors (Lipinski definition) is 1. The highest BCUT2D eigenvalue weighted by Crippen LogP contribution is 2.20. The van der Waals surface area contributed by atoms with E-state index in [9.17, 15) is 9.18 Å². The van der Waals surface area contributed by atoms with Gasteiger partial charge in [0, 0.05) is 38.1 Å². The highest BCUT2D eigenvalue weighted by molar-refractivity contribution is 5.95. The maximum atomic E-state index is 13.3. The molecule has 1 heterocycles. The van der Waals surface area contributed by atoms with Crippen LogP contribution in [-0.2, 0) is 4.74 Å². The molecular formula is C14H19FN2O2. The molecule has 0 aliphatic carbocycles. The second kappa shape index (κ2) is 6.02. The van der Waals surface area contributed by atoms with Crippen LogP contribution in [0.4, 0.5) is 10.1 Å². The van der Waals surface area contributed by atoms with Crippen LogP contribution in [0.3, 0.4) is 0 Å². The Kier molecular flexibility index (Phi) is 4.37. The minimum absolute atomic E-state index is 0.151. The Morgan fingerprint density at radius 1 is 1.42 bits per heavy atom. The lowest BCUT2D eigenvalue weighted by molar-refractivity contribution is 0.0613. The number of amides is 1. The van der Waals surface area contributed by atoms with Crippen LogP contribution < -0.4 is 5.73 Å². The molecule has 0 saturated carbocycles. The van der Waals surface area contributed by atoms with Crippen molar-refractivity contribution in [2.75, 3.05) is 32.5 Å². The van der Waals surface area contributed by atoms with Gasteiger partial charge in [-0.3, -0.25) is 4.79 Å². The number of carbonyl (C=O) groups excluding carboxylic acids is 1. The number of carbonyl (C=O) groups is 1. The maximum absolute atomic E-state index is 13.3. The number of halogens is 1. The monoisotopic (exact) mass is 266 g/mol. The molecule has 2 N–H and O–H groups in total. The average Bonchev–Trinajstić information content (AvgIpc) is 2.38. The zero-order valence-corrected chi connectivity index (χ0v) is 11.1. The third-order valence-electron chi connectivity index (χ3n) is 3.47. The molecule has 0 radical (unpaired) electrons. The van der Waals surface area contributed by atoms with Crippen LogP contribution in [0.1, 0.15) is 23.2 Å². The summed E-state index contributed by atoms with van der Waals surface area (Å²) in [7, 11) is 1.69. The summed E-state index contributed by atoms with van der Waals surface area (Å²) in [6.45, 7) is 2.10. The quantitative estimate of drug-likeness (QED) is 0.850. The zero-order chi connectivity index (χ0) is 13.8. The van der Waals surface area contributed by atoms with Crippen molar-refractivity contribution < 1.29 is 13.9 Å². The van der Waals surface area contributed by atoms with E-state index in [1.165, 1.54) is 18.2 Å². The predicted octanol–water partition coefficient (Wildman–Crippen LogP) is 1.91. The summed E-state index contributed by atoms with van der Waals surface area (Å²) >= 11 is 0. The van der Waals surface area contributed by atoms with Gasteiger partial charge in [0.1, 0.15) is 5.82 Å². The van der Waals surface area contributed by atoms with Gasteiger partial charge in [0.05, 0.1) is 0 Å². The highest BCUT2D eigenvalue weighted by atomic mass is 19.1. The minimum Gasteiger partial charge on any atom is -0.399 e. The van der Waals surface area contributed by atoms with Gasteiger partial charge in [-0.1, -0.05) is 0 Å². The molecular weight excluding hydrogens is 247 g/mol. The van der Waals surface area contributed by atoms with E-state index < -0.39 is 5.82 Å². The van der Waals surface area contributed by atoms with Gasteiger partial charge in [0.2, 0.25) is 0 Å². The van der Waals surface area contributed by atoms with Crippen molar-refractivity contribution in [3.05, 3.63) is 29.6 Å². The van der Waals surface area contributed by atoms with Gasteiger partial charge in [-0.25, -0.2) is 4.39 Å². The fraction of sp³-hybridized carbons (Fsp3) is 0.500. The number of rotatable bonds is 3. The number of nitrogen functional groups attached to an aromatic ring is 1. The lowest BCUT2D eigenvalue weighted by Crippen LogP contribution is -2.39. The number of nitrogens with zero attached hydrogens (tertiary/aromatic N) is 1. The van der Waals surface area contributed by atoms with Crippen molar-refractivity contribution in [1.29, 1.82) is 0 Å². The molecule has 104 valence electrons. The van der Waals surface area contributed by atoms with E-state index in [0.29, 0.717) is 24.6 Å². The molecule has 2 rings (SSSR count). The molecule has 0 spiro atoms. The number of nitrogens with two attached hydrogens (primary N) is 1. The summed E-state index contributed by atoms with van der Waals surface area (Å²) < 4.78 is 18.4. The number of ether oxygens (including phenoxy) is 1. The van der Waals surface area contributed by atoms with Crippen LogP contribution >= 0.6 is 0 Å². The van der Waals surface area contributed by atoms with Crippen LogP contribution in [0, 0.1) is 11.7 Å². The lowest BCUT2D eigenvalue weighted by Gasteiger charge is -2.31. The van der Waals surface area contributed by atoms with Gasteiger partial charge in [-0.2, -0.15) is 0 Å². The highest BCUT2D eigenvalue weighted by Gasteiger charge is 2.23. The van der Waals surface area contributed by atoms with Crippen molar-refractivity contribution in [3.8, 4) is 0 Å². The van der Waals surface area contributed by atoms with Crippen molar-refractivity contribution in [3.63, 3.8) is 0 Å². The van der Waals surface area contributed by atoms with Crippen molar-refractivity contribution in [1.82, 2.24) is 4.90 Å². The van der Waals surface area contributed by atoms with Gasteiger partial charge >= 0.3 is 0 Å². The number of hydrogen-bond acceptors (Lipinski definition) is 3. The van der Waals surface area contributed by atoms with E-state index in [4.69, 9.17) is 10.5 Å². The Balaban J connectivity index is 2.01. The van der Waals surface area contributed by atoms with E-state index >= 15 is 0 Å².